The van der Waals surface area contributed by atoms with E-state index in [-0.39, 0.29) is 56.3 Å². The average molecular weight is 951 g/mol. The molecule has 0 bridgehead atoms. The van der Waals surface area contributed by atoms with E-state index in [1.54, 1.807) is 27.7 Å². The second-order valence-electron chi connectivity index (χ2n) is 16.5. The van der Waals surface area contributed by atoms with Gasteiger partial charge in [-0.3, -0.25) is 48.1 Å². The highest BCUT2D eigenvalue weighted by atomic mass is 16.4. The Bertz CT molecular complexity index is 1920. The van der Waals surface area contributed by atoms with E-state index in [2.05, 4.69) is 42.2 Å². The Morgan fingerprint density at radius 1 is 0.657 bits per heavy atom. The number of aromatic hydroxyl groups is 1. The third-order valence-electron chi connectivity index (χ3n) is 9.71. The van der Waals surface area contributed by atoms with Gasteiger partial charge in [-0.25, -0.2) is 4.79 Å². The highest BCUT2D eigenvalue weighted by Crippen LogP contribution is 2.13. The number of nitrogens with zero attached hydrogens (tertiary/aromatic N) is 1. The summed E-state index contributed by atoms with van der Waals surface area (Å²) in [6.45, 7) is 7.03. The molecule has 1 aromatic carbocycles. The molecule has 0 fully saturated rings. The Labute approximate surface area is 386 Å². The van der Waals surface area contributed by atoms with Gasteiger partial charge < -0.3 is 80.6 Å². The van der Waals surface area contributed by atoms with Crippen molar-refractivity contribution in [2.45, 2.75) is 128 Å². The zero-order chi connectivity index (χ0) is 51.1. The van der Waals surface area contributed by atoms with Crippen molar-refractivity contribution in [3.63, 3.8) is 0 Å². The van der Waals surface area contributed by atoms with E-state index >= 15 is 0 Å². The molecule has 67 heavy (non-hydrogen) atoms. The summed E-state index contributed by atoms with van der Waals surface area (Å²) in [4.78, 5) is 132. The lowest BCUT2D eigenvalue weighted by atomic mass is 10.00. The van der Waals surface area contributed by atoms with Crippen LogP contribution in [0.25, 0.3) is 0 Å². The Balaban J connectivity index is 3.43. The number of nitrogens with one attached hydrogen (secondary N) is 7. The Hall–Kier alpha value is -7.09. The van der Waals surface area contributed by atoms with Crippen LogP contribution in [-0.4, -0.2) is 147 Å². The molecule has 0 heterocycles. The van der Waals surface area contributed by atoms with E-state index in [0.717, 1.165) is 6.92 Å². The Morgan fingerprint density at radius 2 is 1.19 bits per heavy atom. The summed E-state index contributed by atoms with van der Waals surface area (Å²) in [5, 5.41) is 55.7. The summed E-state index contributed by atoms with van der Waals surface area (Å²) in [5.41, 5.74) is 22.1. The van der Waals surface area contributed by atoms with Crippen molar-refractivity contribution in [3.8, 4) is 5.75 Å². The number of benzene rings is 1. The van der Waals surface area contributed by atoms with Crippen molar-refractivity contribution in [2.24, 2.45) is 39.8 Å². The quantitative estimate of drug-likeness (QED) is 0.0196. The number of aliphatic imine (C=N–C) groups is 1. The number of nitrogens with two attached hydrogens (primary N) is 4. The molecule has 0 spiro atoms. The van der Waals surface area contributed by atoms with E-state index in [1.807, 2.05) is 0 Å². The molecule has 8 amide bonds. The van der Waals surface area contributed by atoms with Gasteiger partial charge in [-0.15, -0.1) is 0 Å². The summed E-state index contributed by atoms with van der Waals surface area (Å²) in [5.74, 6) is -11.7. The summed E-state index contributed by atoms with van der Waals surface area (Å²) >= 11 is 0. The number of carbonyl (C=O) groups excluding carboxylic acids is 8. The van der Waals surface area contributed by atoms with Gasteiger partial charge in [-0.2, -0.15) is 0 Å². The molecule has 1 aromatic rings. The molecule has 26 heteroatoms. The molecule has 19 N–H and O–H groups in total. The molecule has 0 aliphatic rings. The molecule has 0 unspecified atom stereocenters. The van der Waals surface area contributed by atoms with Crippen molar-refractivity contribution in [1.82, 2.24) is 37.2 Å². The van der Waals surface area contributed by atoms with E-state index in [0.29, 0.717) is 5.56 Å². The molecular formula is C41H66N12O14. The fourth-order valence-electron chi connectivity index (χ4n) is 6.15. The van der Waals surface area contributed by atoms with Crippen LogP contribution in [-0.2, 0) is 54.4 Å². The number of hydrogen-bond acceptors (Lipinski definition) is 14. The largest absolute Gasteiger partial charge is 0.508 e. The van der Waals surface area contributed by atoms with Crippen LogP contribution in [0.2, 0.25) is 0 Å². The number of hydrogen-bond donors (Lipinski definition) is 15. The molecule has 0 aliphatic carbocycles. The predicted octanol–water partition coefficient (Wildman–Crippen LogP) is -4.75. The van der Waals surface area contributed by atoms with Gasteiger partial charge >= 0.3 is 11.9 Å². The fourth-order valence-corrected chi connectivity index (χ4v) is 6.15. The molecular weight excluding hydrogens is 885 g/mol. The van der Waals surface area contributed by atoms with Gasteiger partial charge in [0, 0.05) is 19.4 Å². The lowest BCUT2D eigenvalue weighted by molar-refractivity contribution is -0.143. The van der Waals surface area contributed by atoms with Gasteiger partial charge in [0.25, 0.3) is 0 Å². The molecule has 0 aromatic heterocycles. The number of rotatable bonds is 30. The molecule has 0 radical (unpaired) electrons. The van der Waals surface area contributed by atoms with Crippen LogP contribution < -0.4 is 60.2 Å². The number of carbonyl (C=O) groups is 10. The summed E-state index contributed by atoms with van der Waals surface area (Å²) in [7, 11) is 0. The lowest BCUT2D eigenvalue weighted by Gasteiger charge is -2.29. The topological polar surface area (TPSA) is 452 Å². The zero-order valence-electron chi connectivity index (χ0n) is 38.1. The molecule has 374 valence electrons. The van der Waals surface area contributed by atoms with Crippen molar-refractivity contribution in [3.05, 3.63) is 29.8 Å². The first-order valence-electron chi connectivity index (χ1n) is 21.3. The predicted molar refractivity (Wildman–Crippen MR) is 239 cm³/mol. The Morgan fingerprint density at radius 3 is 1.72 bits per heavy atom. The summed E-state index contributed by atoms with van der Waals surface area (Å²) < 4.78 is 0. The monoisotopic (exact) mass is 950 g/mol. The van der Waals surface area contributed by atoms with Gasteiger partial charge in [-0.1, -0.05) is 39.8 Å². The normalized spacial score (nSPS) is 14.6. The average Bonchev–Trinajstić information content (AvgIpc) is 3.22. The number of guanidine groups is 1. The van der Waals surface area contributed by atoms with Gasteiger partial charge in [-0.05, 0) is 62.1 Å². The van der Waals surface area contributed by atoms with Crippen LogP contribution in [0.4, 0.5) is 0 Å². The number of aliphatic carboxylic acids is 2. The molecule has 0 saturated heterocycles. The minimum Gasteiger partial charge on any atom is -0.508 e. The maximum Gasteiger partial charge on any atom is 0.326 e. The second-order valence-corrected chi connectivity index (χ2v) is 16.5. The maximum atomic E-state index is 14.0. The van der Waals surface area contributed by atoms with Gasteiger partial charge in [0.15, 0.2) is 5.96 Å². The van der Waals surface area contributed by atoms with Crippen LogP contribution in [0, 0.1) is 11.8 Å². The highest BCUT2D eigenvalue weighted by molar-refractivity contribution is 5.98. The molecule has 0 aliphatic heterocycles. The van der Waals surface area contributed by atoms with Crippen LogP contribution in [0.15, 0.2) is 29.3 Å². The van der Waals surface area contributed by atoms with Crippen molar-refractivity contribution >= 4 is 65.2 Å². The van der Waals surface area contributed by atoms with Crippen LogP contribution in [0.3, 0.4) is 0 Å². The first kappa shape index (κ1) is 57.9. The van der Waals surface area contributed by atoms with Gasteiger partial charge in [0.2, 0.25) is 47.3 Å². The minimum absolute atomic E-state index is 0.0299. The standard InChI is InChI=1S/C41H66N12O14/c1-19(2)15-26(36(62)49-25(7-6-14-46-41(44)45)35(61)52-32(20(3)4)40(66)67)51-39(65)33(21(5)54)53-38(64)27(16-22-8-10-23(55)11-9-22)50-37(63)28(17-29(43)56)48-30(57)18-47-34(60)24(42)12-13-31(58)59/h8-11,19-21,24-28,32-33,54-55H,6-7,12-18,42H2,1-5H3,(H2,43,56)(H,47,60)(H,48,57)(H,49,62)(H,50,63)(H,51,65)(H,52,61)(H,53,64)(H,58,59)(H,66,67)(H4,44,45,46)/t21-,24+,25+,26+,27+,28+,32+,33+/m1/s1. The minimum atomic E-state index is -1.80. The van der Waals surface area contributed by atoms with Gasteiger partial charge in [0.05, 0.1) is 25.1 Å². The number of carboxylic acid groups (broad SMARTS) is 2. The van der Waals surface area contributed by atoms with Crippen LogP contribution >= 0.6 is 0 Å². The van der Waals surface area contributed by atoms with Crippen LogP contribution in [0.5, 0.6) is 5.75 Å². The third kappa shape index (κ3) is 22.6. The SMILES string of the molecule is CC(C)C[C@H](NC(=O)[C@@H](NC(=O)[C@H](Cc1ccc(O)cc1)NC(=O)[C@H](CC(N)=O)NC(=O)CNC(=O)[C@@H](N)CCC(=O)O)[C@@H](C)O)C(=O)N[C@@H](CCCN=C(N)N)C(=O)N[C@H](C(=O)O)C(C)C. The first-order chi connectivity index (χ1) is 31.2. The third-order valence-corrected chi connectivity index (χ3v) is 9.71. The fraction of sp³-hybridized carbons (Fsp3) is 0.585. The first-order valence-corrected chi connectivity index (χ1v) is 21.3. The number of aliphatic hydroxyl groups excluding tert-OH is 1. The maximum absolute atomic E-state index is 14.0. The number of primary amides is 1. The highest BCUT2D eigenvalue weighted by Gasteiger charge is 2.36. The van der Waals surface area contributed by atoms with E-state index in [4.69, 9.17) is 28.0 Å². The van der Waals surface area contributed by atoms with E-state index in [1.165, 1.54) is 24.3 Å². The van der Waals surface area contributed by atoms with E-state index in [9.17, 15) is 63.3 Å². The second kappa shape index (κ2) is 28.7. The van der Waals surface area contributed by atoms with E-state index < -0.39 is 133 Å². The van der Waals surface area contributed by atoms with Crippen molar-refractivity contribution < 1.29 is 68.4 Å². The number of amides is 8. The lowest BCUT2D eigenvalue weighted by Crippen LogP contribution is -2.62. The van der Waals surface area contributed by atoms with Crippen molar-refractivity contribution in [2.75, 3.05) is 13.1 Å². The zero-order valence-corrected chi connectivity index (χ0v) is 38.1. The Kier molecular flexibility index (Phi) is 24.8. The molecule has 1 rings (SSSR count). The van der Waals surface area contributed by atoms with Crippen molar-refractivity contribution in [1.29, 1.82) is 0 Å². The summed E-state index contributed by atoms with van der Waals surface area (Å²) in [6.07, 6.45) is -3.39. The molecule has 26 nitrogen and oxygen atoms in total. The number of phenols is 1. The molecule has 0 saturated carbocycles. The van der Waals surface area contributed by atoms with Crippen LogP contribution in [0.1, 0.15) is 78.7 Å². The number of aliphatic hydroxyl groups is 1. The smallest absolute Gasteiger partial charge is 0.326 e. The number of carboxylic acids is 2. The summed E-state index contributed by atoms with van der Waals surface area (Å²) in [6, 6.07) is -5.12. The molecule has 8 atom stereocenters. The number of phenolic OH excluding ortho intramolecular Hbond substituents is 1. The van der Waals surface area contributed by atoms with Gasteiger partial charge in [0.1, 0.15) is 42.0 Å².